The number of alkyl halides is 3. The molecule has 2 aromatic carbocycles. The van der Waals surface area contributed by atoms with Crippen LogP contribution in [0.2, 0.25) is 0 Å². The molecular formula is C33H42F3N5O6S. The number of nitrogens with zero attached hydrogens (tertiary/aromatic N) is 2. The van der Waals surface area contributed by atoms with E-state index < -0.39 is 22.7 Å². The van der Waals surface area contributed by atoms with E-state index in [1.807, 2.05) is 6.07 Å². The highest BCUT2D eigenvalue weighted by atomic mass is 32.2. The topological polar surface area (TPSA) is 137 Å². The second-order valence-electron chi connectivity index (χ2n) is 11.9. The molecule has 0 bridgehead atoms. The first-order valence-corrected chi connectivity index (χ1v) is 17.0. The van der Waals surface area contributed by atoms with Crippen LogP contribution in [0.5, 0.6) is 5.75 Å². The van der Waals surface area contributed by atoms with E-state index in [4.69, 9.17) is 19.3 Å². The number of hydrogen-bond donors (Lipinski definition) is 3. The molecule has 0 aliphatic carbocycles. The maximum atomic E-state index is 13.7. The number of hydrogen-bond acceptors (Lipinski definition) is 9. The number of nitrogens with two attached hydrogens (primary N) is 1. The molecule has 0 saturated carbocycles. The Bertz CT molecular complexity index is 1740. The van der Waals surface area contributed by atoms with Crippen molar-refractivity contribution >= 4 is 38.3 Å². The Morgan fingerprint density at radius 2 is 1.83 bits per heavy atom. The van der Waals surface area contributed by atoms with Crippen LogP contribution in [0, 0.1) is 17.8 Å². The monoisotopic (exact) mass is 693 g/mol. The van der Waals surface area contributed by atoms with Crippen LogP contribution in [0.3, 0.4) is 0 Å². The van der Waals surface area contributed by atoms with Gasteiger partial charge in [0.15, 0.2) is 0 Å². The molecule has 1 atom stereocenters. The number of aromatic nitrogens is 1. The average Bonchev–Trinajstić information content (AvgIpc) is 3.36. The first kappa shape index (κ1) is 36.9. The molecule has 1 aliphatic rings. The van der Waals surface area contributed by atoms with E-state index in [0.29, 0.717) is 29.7 Å². The smallest absolute Gasteiger partial charge is 0.406 e. The van der Waals surface area contributed by atoms with Crippen LogP contribution in [0.15, 0.2) is 47.4 Å². The lowest BCUT2D eigenvalue weighted by Gasteiger charge is -2.34. The predicted molar refractivity (Wildman–Crippen MR) is 177 cm³/mol. The van der Waals surface area contributed by atoms with Crippen LogP contribution in [-0.4, -0.2) is 89.2 Å². The number of fused-ring (bicyclic) bond motifs is 1. The zero-order valence-corrected chi connectivity index (χ0v) is 28.2. The highest BCUT2D eigenvalue weighted by Gasteiger charge is 2.30. The molecule has 0 radical (unpaired) electrons. The SMILES string of the molecule is COCC(CN1CCC(Nc2cccc3c2cc(C#CCNc2ccc(S(N)(=O)=O)cc2OC)n3CC(F)(F)F)CC1)OC(=O)C(C)C. The standard InChI is InChI=1S/C33H42F3N5O6S/c1-22(2)32(42)47-25(20-45-3)19-40-15-12-23(13-16-40)39-28-8-5-9-30-27(28)17-24(41(30)21-33(34,35)36)7-6-14-38-29-11-10-26(48(37,43)44)18-31(29)46-4/h5,8-11,17-18,22-23,25,38-39H,12-16,19-21H2,1-4H3,(H2,37,43,44). The molecule has 262 valence electrons. The number of ether oxygens (including phenoxy) is 3. The number of anilines is 2. The summed E-state index contributed by atoms with van der Waals surface area (Å²) in [5.74, 6) is 5.46. The zero-order chi connectivity index (χ0) is 35.1. The second-order valence-corrected chi connectivity index (χ2v) is 13.5. The Hall–Kier alpha value is -3.97. The molecule has 1 saturated heterocycles. The summed E-state index contributed by atoms with van der Waals surface area (Å²) in [6, 6.07) is 11.0. The van der Waals surface area contributed by atoms with Gasteiger partial charge in [0.25, 0.3) is 0 Å². The van der Waals surface area contributed by atoms with Crippen LogP contribution >= 0.6 is 0 Å². The van der Waals surface area contributed by atoms with E-state index in [1.54, 1.807) is 39.2 Å². The molecular weight excluding hydrogens is 651 g/mol. The van der Waals surface area contributed by atoms with Crippen molar-refractivity contribution in [3.05, 3.63) is 48.2 Å². The Balaban J connectivity index is 1.47. The molecule has 1 fully saturated rings. The van der Waals surface area contributed by atoms with E-state index in [1.165, 1.54) is 25.3 Å². The van der Waals surface area contributed by atoms with Gasteiger partial charge in [0.05, 0.1) is 48.0 Å². The van der Waals surface area contributed by atoms with Crippen molar-refractivity contribution in [3.63, 3.8) is 0 Å². The zero-order valence-electron chi connectivity index (χ0n) is 27.4. The maximum Gasteiger partial charge on any atom is 0.406 e. The van der Waals surface area contributed by atoms with E-state index in [-0.39, 0.29) is 46.9 Å². The Morgan fingerprint density at radius 3 is 2.46 bits per heavy atom. The number of carbonyl (C=O) groups excluding carboxylic acids is 1. The molecule has 1 unspecified atom stereocenters. The maximum absolute atomic E-state index is 13.7. The fraction of sp³-hybridized carbons (Fsp3) is 0.485. The van der Waals surface area contributed by atoms with Crippen molar-refractivity contribution in [1.29, 1.82) is 0 Å². The molecule has 0 amide bonds. The summed E-state index contributed by atoms with van der Waals surface area (Å²) in [5.41, 5.74) is 1.76. The third-order valence-corrected chi connectivity index (χ3v) is 8.80. The third kappa shape index (κ3) is 10.0. The molecule has 11 nitrogen and oxygen atoms in total. The van der Waals surface area contributed by atoms with Crippen molar-refractivity contribution in [2.75, 3.05) is 57.6 Å². The molecule has 15 heteroatoms. The number of esters is 1. The molecule has 1 aliphatic heterocycles. The van der Waals surface area contributed by atoms with E-state index in [9.17, 15) is 26.4 Å². The van der Waals surface area contributed by atoms with Gasteiger partial charge in [-0.1, -0.05) is 25.8 Å². The minimum absolute atomic E-state index is 0.0458. The fourth-order valence-electron chi connectivity index (χ4n) is 5.51. The number of primary sulfonamides is 1. The molecule has 1 aromatic heterocycles. The van der Waals surface area contributed by atoms with Gasteiger partial charge in [0.1, 0.15) is 18.4 Å². The average molecular weight is 694 g/mol. The minimum Gasteiger partial charge on any atom is -0.495 e. The fourth-order valence-corrected chi connectivity index (χ4v) is 6.04. The number of halogens is 3. The number of nitrogens with one attached hydrogen (secondary N) is 2. The number of piperidine rings is 1. The van der Waals surface area contributed by atoms with Gasteiger partial charge in [0, 0.05) is 49.9 Å². The van der Waals surface area contributed by atoms with Crippen molar-refractivity contribution < 1.29 is 40.6 Å². The van der Waals surface area contributed by atoms with Crippen molar-refractivity contribution in [2.24, 2.45) is 11.1 Å². The van der Waals surface area contributed by atoms with E-state index >= 15 is 0 Å². The van der Waals surface area contributed by atoms with Crippen LogP contribution in [-0.2, 0) is 30.8 Å². The van der Waals surface area contributed by atoms with Crippen LogP contribution in [0.4, 0.5) is 24.5 Å². The van der Waals surface area contributed by atoms with Gasteiger partial charge in [-0.3, -0.25) is 9.69 Å². The van der Waals surface area contributed by atoms with Gasteiger partial charge in [0.2, 0.25) is 10.0 Å². The van der Waals surface area contributed by atoms with Crippen LogP contribution in [0.25, 0.3) is 10.9 Å². The number of rotatable bonds is 13. The van der Waals surface area contributed by atoms with Crippen LogP contribution in [0.1, 0.15) is 32.4 Å². The predicted octanol–water partition coefficient (Wildman–Crippen LogP) is 4.41. The molecule has 4 N–H and O–H groups in total. The van der Waals surface area contributed by atoms with Gasteiger partial charge in [-0.15, -0.1) is 0 Å². The number of carbonyl (C=O) groups is 1. The first-order valence-electron chi connectivity index (χ1n) is 15.5. The number of likely N-dealkylation sites (tertiary alicyclic amines) is 1. The Labute approximate surface area is 278 Å². The lowest BCUT2D eigenvalue weighted by molar-refractivity contribution is -0.156. The van der Waals surface area contributed by atoms with Gasteiger partial charge in [-0.05, 0) is 49.1 Å². The summed E-state index contributed by atoms with van der Waals surface area (Å²) in [7, 11) is -0.991. The number of methoxy groups -OCH3 is 2. The summed E-state index contributed by atoms with van der Waals surface area (Å²) in [5, 5.41) is 12.4. The lowest BCUT2D eigenvalue weighted by Crippen LogP contribution is -2.44. The van der Waals surface area contributed by atoms with Crippen molar-refractivity contribution in [2.45, 2.75) is 56.5 Å². The van der Waals surface area contributed by atoms with Gasteiger partial charge in [-0.2, -0.15) is 13.2 Å². The first-order chi connectivity index (χ1) is 22.7. The van der Waals surface area contributed by atoms with Crippen molar-refractivity contribution in [1.82, 2.24) is 9.47 Å². The number of benzene rings is 2. The third-order valence-electron chi connectivity index (χ3n) is 7.88. The Morgan fingerprint density at radius 1 is 1.10 bits per heavy atom. The molecule has 4 rings (SSSR count). The number of sulfonamides is 1. The molecule has 48 heavy (non-hydrogen) atoms. The molecule has 2 heterocycles. The quantitative estimate of drug-likeness (QED) is 0.176. The van der Waals surface area contributed by atoms with E-state index in [0.717, 1.165) is 36.2 Å². The highest BCUT2D eigenvalue weighted by Crippen LogP contribution is 2.32. The van der Waals surface area contributed by atoms with Gasteiger partial charge < -0.3 is 29.4 Å². The summed E-state index contributed by atoms with van der Waals surface area (Å²) in [6.07, 6.45) is -3.27. The van der Waals surface area contributed by atoms with Crippen LogP contribution < -0.4 is 20.5 Å². The lowest BCUT2D eigenvalue weighted by atomic mass is 10.0. The minimum atomic E-state index is -4.47. The largest absolute Gasteiger partial charge is 0.495 e. The van der Waals surface area contributed by atoms with Crippen molar-refractivity contribution in [3.8, 4) is 17.6 Å². The Kier molecular flexibility index (Phi) is 12.2. The summed E-state index contributed by atoms with van der Waals surface area (Å²) < 4.78 is 81.7. The second kappa shape index (κ2) is 16.0. The highest BCUT2D eigenvalue weighted by molar-refractivity contribution is 7.89. The summed E-state index contributed by atoms with van der Waals surface area (Å²) in [4.78, 5) is 14.2. The summed E-state index contributed by atoms with van der Waals surface area (Å²) in [6.45, 7) is 4.77. The molecule has 3 aromatic rings. The van der Waals surface area contributed by atoms with Gasteiger partial charge >= 0.3 is 12.1 Å². The van der Waals surface area contributed by atoms with Gasteiger partial charge in [-0.25, -0.2) is 13.6 Å². The summed E-state index contributed by atoms with van der Waals surface area (Å²) >= 11 is 0. The van der Waals surface area contributed by atoms with E-state index in [2.05, 4.69) is 27.4 Å². The molecule has 0 spiro atoms. The normalized spacial score (nSPS) is 15.2.